The molecule has 5 heteroatoms. The zero-order valence-electron chi connectivity index (χ0n) is 12.5. The van der Waals surface area contributed by atoms with E-state index in [1.807, 2.05) is 13.0 Å². The lowest BCUT2D eigenvalue weighted by Gasteiger charge is -2.29. The van der Waals surface area contributed by atoms with Gasteiger partial charge in [-0.3, -0.25) is 4.79 Å². The van der Waals surface area contributed by atoms with Crippen LogP contribution in [0.1, 0.15) is 36.5 Å². The maximum atomic E-state index is 12.4. The Hall–Kier alpha value is -2.14. The maximum absolute atomic E-state index is 12.4. The summed E-state index contributed by atoms with van der Waals surface area (Å²) in [5.41, 5.74) is -0.497. The van der Waals surface area contributed by atoms with E-state index in [-0.39, 0.29) is 23.6 Å². The minimum absolute atomic E-state index is 0.00545. The Morgan fingerprint density at radius 1 is 1.45 bits per heavy atom. The highest BCUT2D eigenvalue weighted by molar-refractivity contribution is 5.96. The Balaban J connectivity index is 1.89. The highest BCUT2D eigenvalue weighted by atomic mass is 16.4. The normalized spacial score (nSPS) is 24.5. The Bertz CT molecular complexity index is 767. The molecule has 0 radical (unpaired) electrons. The van der Waals surface area contributed by atoms with E-state index < -0.39 is 11.5 Å². The van der Waals surface area contributed by atoms with Crippen LogP contribution < -0.4 is 10.9 Å². The zero-order valence-corrected chi connectivity index (χ0v) is 12.5. The Kier molecular flexibility index (Phi) is 3.74. The molecule has 2 unspecified atom stereocenters. The summed E-state index contributed by atoms with van der Waals surface area (Å²) in [5, 5.41) is 13.1. The monoisotopic (exact) mass is 301 g/mol. The molecule has 0 bridgehead atoms. The van der Waals surface area contributed by atoms with Crippen molar-refractivity contribution in [2.45, 2.75) is 32.2 Å². The van der Waals surface area contributed by atoms with Crippen LogP contribution in [0.5, 0.6) is 0 Å². The molecule has 1 saturated carbocycles. The number of carbonyl (C=O) groups is 1. The first-order chi connectivity index (χ1) is 10.5. The van der Waals surface area contributed by atoms with Crippen LogP contribution in [-0.4, -0.2) is 23.7 Å². The fourth-order valence-corrected chi connectivity index (χ4v) is 3.12. The summed E-state index contributed by atoms with van der Waals surface area (Å²) in [6, 6.07) is 8.51. The number of benzene rings is 1. The molecule has 2 N–H and O–H groups in total. The lowest BCUT2D eigenvalue weighted by Crippen LogP contribution is -2.45. The Morgan fingerprint density at radius 2 is 2.23 bits per heavy atom. The third-order valence-electron chi connectivity index (χ3n) is 4.63. The molecule has 1 fully saturated rings. The van der Waals surface area contributed by atoms with Crippen molar-refractivity contribution in [2.75, 3.05) is 6.61 Å². The molecular formula is C17H19NO4. The number of rotatable bonds is 3. The quantitative estimate of drug-likeness (QED) is 0.851. The Labute approximate surface area is 127 Å². The van der Waals surface area contributed by atoms with Crippen molar-refractivity contribution in [1.82, 2.24) is 5.32 Å². The van der Waals surface area contributed by atoms with E-state index >= 15 is 0 Å². The molecule has 1 aromatic carbocycles. The summed E-state index contributed by atoms with van der Waals surface area (Å²) in [4.78, 5) is 24.4. The van der Waals surface area contributed by atoms with Crippen molar-refractivity contribution >= 4 is 16.9 Å². The summed E-state index contributed by atoms with van der Waals surface area (Å²) in [5.74, 6) is -0.439. The highest BCUT2D eigenvalue weighted by Gasteiger charge is 2.39. The molecule has 0 saturated heterocycles. The van der Waals surface area contributed by atoms with Gasteiger partial charge in [0.15, 0.2) is 0 Å². The molecule has 1 aliphatic carbocycles. The predicted molar refractivity (Wildman–Crippen MR) is 82.8 cm³/mol. The van der Waals surface area contributed by atoms with E-state index in [0.717, 1.165) is 19.3 Å². The molecule has 116 valence electrons. The predicted octanol–water partition coefficient (Wildman–Crippen LogP) is 2.07. The fraction of sp³-hybridized carbons (Fsp3) is 0.412. The number of hydrogen-bond donors (Lipinski definition) is 2. The van der Waals surface area contributed by atoms with Gasteiger partial charge in [-0.1, -0.05) is 31.5 Å². The largest absolute Gasteiger partial charge is 0.422 e. The third kappa shape index (κ3) is 2.52. The molecular weight excluding hydrogens is 282 g/mol. The van der Waals surface area contributed by atoms with Gasteiger partial charge in [-0.2, -0.15) is 0 Å². The average Bonchev–Trinajstić information content (AvgIpc) is 2.88. The summed E-state index contributed by atoms with van der Waals surface area (Å²) < 4.78 is 5.19. The van der Waals surface area contributed by atoms with E-state index in [2.05, 4.69) is 5.32 Å². The number of amides is 1. The van der Waals surface area contributed by atoms with Crippen LogP contribution in [0.15, 0.2) is 39.5 Å². The number of aliphatic hydroxyl groups is 1. The first-order valence-corrected chi connectivity index (χ1v) is 7.48. The van der Waals surface area contributed by atoms with Crippen LogP contribution in [0, 0.1) is 5.41 Å². The second kappa shape index (κ2) is 5.57. The number of carbonyl (C=O) groups excluding carboxylic acids is 1. The lowest BCUT2D eigenvalue weighted by molar-refractivity contribution is 0.0827. The molecule has 3 rings (SSSR count). The molecule has 0 spiro atoms. The lowest BCUT2D eigenvalue weighted by atomic mass is 9.85. The number of fused-ring (bicyclic) bond motifs is 1. The molecule has 1 amide bonds. The van der Waals surface area contributed by atoms with Crippen molar-refractivity contribution in [2.24, 2.45) is 5.41 Å². The van der Waals surface area contributed by atoms with Gasteiger partial charge in [0.2, 0.25) is 0 Å². The van der Waals surface area contributed by atoms with Crippen LogP contribution >= 0.6 is 0 Å². The average molecular weight is 301 g/mol. The first kappa shape index (κ1) is 14.8. The van der Waals surface area contributed by atoms with Gasteiger partial charge in [0.05, 0.1) is 6.61 Å². The molecule has 22 heavy (non-hydrogen) atoms. The van der Waals surface area contributed by atoms with E-state index in [4.69, 9.17) is 4.42 Å². The van der Waals surface area contributed by atoms with Gasteiger partial charge in [0.25, 0.3) is 5.91 Å². The van der Waals surface area contributed by atoms with Gasteiger partial charge in [0, 0.05) is 16.8 Å². The van der Waals surface area contributed by atoms with Crippen molar-refractivity contribution in [3.05, 3.63) is 46.3 Å². The minimum Gasteiger partial charge on any atom is -0.422 e. The SMILES string of the molecule is CC1(CO)CCCC1NC(=O)c1cc2ccccc2oc1=O. The fourth-order valence-electron chi connectivity index (χ4n) is 3.12. The first-order valence-electron chi connectivity index (χ1n) is 7.48. The molecule has 2 atom stereocenters. The van der Waals surface area contributed by atoms with E-state index in [0.29, 0.717) is 11.0 Å². The number of aliphatic hydroxyl groups excluding tert-OH is 1. The van der Waals surface area contributed by atoms with E-state index in [1.165, 1.54) is 0 Å². The van der Waals surface area contributed by atoms with Crippen molar-refractivity contribution in [3.63, 3.8) is 0 Å². The van der Waals surface area contributed by atoms with Crippen LogP contribution in [-0.2, 0) is 0 Å². The third-order valence-corrected chi connectivity index (χ3v) is 4.63. The molecule has 5 nitrogen and oxygen atoms in total. The van der Waals surface area contributed by atoms with Gasteiger partial charge < -0.3 is 14.8 Å². The van der Waals surface area contributed by atoms with Gasteiger partial charge in [-0.15, -0.1) is 0 Å². The molecule has 1 aromatic heterocycles. The second-order valence-electron chi connectivity index (χ2n) is 6.22. The van der Waals surface area contributed by atoms with Crippen molar-refractivity contribution in [1.29, 1.82) is 0 Å². The summed E-state index contributed by atoms with van der Waals surface area (Å²) in [6.45, 7) is 1.97. The zero-order chi connectivity index (χ0) is 15.7. The second-order valence-corrected chi connectivity index (χ2v) is 6.22. The van der Waals surface area contributed by atoms with Crippen LogP contribution in [0.3, 0.4) is 0 Å². The topological polar surface area (TPSA) is 79.5 Å². The van der Waals surface area contributed by atoms with E-state index in [9.17, 15) is 14.7 Å². The minimum atomic E-state index is -0.639. The number of nitrogens with one attached hydrogen (secondary N) is 1. The van der Waals surface area contributed by atoms with Crippen LogP contribution in [0.4, 0.5) is 0 Å². The Morgan fingerprint density at radius 3 is 3.00 bits per heavy atom. The van der Waals surface area contributed by atoms with E-state index in [1.54, 1.807) is 24.3 Å². The summed E-state index contributed by atoms with van der Waals surface area (Å²) in [7, 11) is 0. The van der Waals surface area contributed by atoms with Gasteiger partial charge in [-0.25, -0.2) is 4.79 Å². The molecule has 0 aliphatic heterocycles. The van der Waals surface area contributed by atoms with Crippen LogP contribution in [0.25, 0.3) is 11.0 Å². The van der Waals surface area contributed by atoms with Crippen LogP contribution in [0.2, 0.25) is 0 Å². The number of para-hydroxylation sites is 1. The summed E-state index contributed by atoms with van der Waals surface area (Å²) >= 11 is 0. The highest BCUT2D eigenvalue weighted by Crippen LogP contribution is 2.37. The molecule has 1 aliphatic rings. The van der Waals surface area contributed by atoms with Gasteiger partial charge >= 0.3 is 5.63 Å². The number of hydrogen-bond acceptors (Lipinski definition) is 4. The smallest absolute Gasteiger partial charge is 0.349 e. The molecule has 2 aromatic rings. The standard InChI is InChI=1S/C17H19NO4/c1-17(10-19)8-4-7-14(17)18-15(20)12-9-11-5-2-3-6-13(11)22-16(12)21/h2-3,5-6,9,14,19H,4,7-8,10H2,1H3,(H,18,20). The maximum Gasteiger partial charge on any atom is 0.349 e. The van der Waals surface area contributed by atoms with Gasteiger partial charge in [0.1, 0.15) is 11.1 Å². The van der Waals surface area contributed by atoms with Crippen molar-refractivity contribution < 1.29 is 14.3 Å². The van der Waals surface area contributed by atoms with Gasteiger partial charge in [-0.05, 0) is 25.0 Å². The molecule has 1 heterocycles. The summed E-state index contributed by atoms with van der Waals surface area (Å²) in [6.07, 6.45) is 2.62. The van der Waals surface area contributed by atoms with Crippen molar-refractivity contribution in [3.8, 4) is 0 Å².